The van der Waals surface area contributed by atoms with Crippen LogP contribution in [-0.2, 0) is 0 Å². The molecule has 1 unspecified atom stereocenters. The van der Waals surface area contributed by atoms with Crippen molar-refractivity contribution in [2.45, 2.75) is 46.3 Å². The van der Waals surface area contributed by atoms with Crippen molar-refractivity contribution in [1.29, 1.82) is 0 Å². The molecule has 1 heterocycles. The second-order valence-corrected chi connectivity index (χ2v) is 7.26. The summed E-state index contributed by atoms with van der Waals surface area (Å²) in [6.45, 7) is 6.68. The van der Waals surface area contributed by atoms with Crippen LogP contribution < -0.4 is 27.2 Å². The van der Waals surface area contributed by atoms with Crippen LogP contribution in [0.4, 0.5) is 13.2 Å². The highest BCUT2D eigenvalue weighted by molar-refractivity contribution is 5.92. The Morgan fingerprint density at radius 1 is 1.36 bits per heavy atom. The highest BCUT2D eigenvalue weighted by Gasteiger charge is 2.30. The van der Waals surface area contributed by atoms with Gasteiger partial charge in [0.15, 0.2) is 0 Å². The van der Waals surface area contributed by atoms with Crippen LogP contribution in [-0.4, -0.2) is 29.7 Å². The van der Waals surface area contributed by atoms with E-state index in [2.05, 4.69) is 15.7 Å². The molecule has 5 nitrogen and oxygen atoms in total. The third-order valence-electron chi connectivity index (χ3n) is 4.18. The number of nitrogens with two attached hydrogens (primary N) is 1. The molecule has 1 aromatic rings. The number of alkyl halides is 3. The predicted octanol–water partition coefficient (Wildman–Crippen LogP) is 0.895. The van der Waals surface area contributed by atoms with Gasteiger partial charge in [-0.1, -0.05) is 26.8 Å². The first kappa shape index (κ1) is 19.4. The number of aryl methyl sites for hydroxylation is 1. The number of halogens is 3. The highest BCUT2D eigenvalue weighted by Crippen LogP contribution is 2.30. The molecule has 1 aliphatic rings. The summed E-state index contributed by atoms with van der Waals surface area (Å²) in [5, 5.41) is 3.96. The topological polar surface area (TPSA) is 80.0 Å². The number of nitrogens with one attached hydrogen (secondary N) is 2. The summed E-state index contributed by atoms with van der Waals surface area (Å²) in [7, 11) is 0. The molecule has 1 atom stereocenters. The molecular formula is C17H23F3N4O. The van der Waals surface area contributed by atoms with Gasteiger partial charge in [-0.25, -0.2) is 10.8 Å². The van der Waals surface area contributed by atoms with E-state index >= 15 is 0 Å². The Bertz CT molecular complexity index is 794. The van der Waals surface area contributed by atoms with E-state index in [1.54, 1.807) is 19.1 Å². The SMILES string of the molecule is Cc1cc(C(=O)NN)nc2c1=CC(NCC(F)(F)F)CC=2C(C)(C)C. The Balaban J connectivity index is 2.60. The van der Waals surface area contributed by atoms with Gasteiger partial charge in [0.1, 0.15) is 5.69 Å². The zero-order valence-corrected chi connectivity index (χ0v) is 14.7. The van der Waals surface area contributed by atoms with E-state index in [1.807, 2.05) is 20.8 Å². The Morgan fingerprint density at radius 2 is 2.00 bits per heavy atom. The van der Waals surface area contributed by atoms with E-state index in [-0.39, 0.29) is 11.1 Å². The van der Waals surface area contributed by atoms with Crippen LogP contribution in [0.25, 0.3) is 11.6 Å². The van der Waals surface area contributed by atoms with E-state index in [1.165, 1.54) is 0 Å². The first-order valence-corrected chi connectivity index (χ1v) is 7.96. The summed E-state index contributed by atoms with van der Waals surface area (Å²) in [6.07, 6.45) is -2.12. The number of hydrogen-bond acceptors (Lipinski definition) is 4. The lowest BCUT2D eigenvalue weighted by Gasteiger charge is -2.29. The Kier molecular flexibility index (Phi) is 5.24. The lowest BCUT2D eigenvalue weighted by atomic mass is 9.79. The van der Waals surface area contributed by atoms with E-state index in [4.69, 9.17) is 5.84 Å². The number of hydrogen-bond donors (Lipinski definition) is 3. The number of aromatic nitrogens is 1. The zero-order valence-electron chi connectivity index (χ0n) is 14.7. The average Bonchev–Trinajstić information content (AvgIpc) is 2.50. The fraction of sp³-hybridized carbons (Fsp3) is 0.529. The molecule has 0 spiro atoms. The Labute approximate surface area is 144 Å². The number of amides is 1. The molecule has 0 aliphatic heterocycles. The van der Waals surface area contributed by atoms with Gasteiger partial charge in [-0.15, -0.1) is 0 Å². The van der Waals surface area contributed by atoms with Crippen LogP contribution in [0, 0.1) is 12.3 Å². The van der Waals surface area contributed by atoms with Crippen molar-refractivity contribution in [3.8, 4) is 0 Å². The fourth-order valence-electron chi connectivity index (χ4n) is 2.93. The van der Waals surface area contributed by atoms with E-state index in [0.717, 1.165) is 16.4 Å². The first-order chi connectivity index (χ1) is 11.4. The molecule has 0 bridgehead atoms. The molecular weight excluding hydrogens is 333 g/mol. The lowest BCUT2D eigenvalue weighted by molar-refractivity contribution is -0.125. The van der Waals surface area contributed by atoms with Crippen molar-refractivity contribution in [1.82, 2.24) is 15.7 Å². The second-order valence-electron chi connectivity index (χ2n) is 7.26. The van der Waals surface area contributed by atoms with Crippen molar-refractivity contribution >= 4 is 17.6 Å². The van der Waals surface area contributed by atoms with Crippen LogP contribution >= 0.6 is 0 Å². The molecule has 0 saturated heterocycles. The Morgan fingerprint density at radius 3 is 2.52 bits per heavy atom. The van der Waals surface area contributed by atoms with Crippen LogP contribution in [0.1, 0.15) is 43.2 Å². The minimum absolute atomic E-state index is 0.190. The molecule has 138 valence electrons. The standard InChI is InChI=1S/C17H23F3N4O/c1-9-5-13(15(25)24-21)23-14-11(9)6-10(22-8-17(18,19)20)7-12(14)16(2,3)4/h5-6,10,22H,7-8,21H2,1-4H3,(H,24,25). The third-order valence-corrected chi connectivity index (χ3v) is 4.18. The number of pyridine rings is 1. The molecule has 2 rings (SSSR count). The second kappa shape index (κ2) is 6.76. The van der Waals surface area contributed by atoms with Gasteiger partial charge < -0.3 is 5.32 Å². The van der Waals surface area contributed by atoms with Gasteiger partial charge in [-0.2, -0.15) is 13.2 Å². The molecule has 1 aromatic heterocycles. The van der Waals surface area contributed by atoms with Gasteiger partial charge in [0, 0.05) is 11.3 Å². The summed E-state index contributed by atoms with van der Waals surface area (Å²) in [5.41, 5.74) is 3.61. The maximum atomic E-state index is 12.5. The summed E-state index contributed by atoms with van der Waals surface area (Å²) in [4.78, 5) is 16.3. The monoisotopic (exact) mass is 356 g/mol. The molecule has 0 radical (unpaired) electrons. The van der Waals surface area contributed by atoms with Gasteiger partial charge >= 0.3 is 6.18 Å². The van der Waals surface area contributed by atoms with E-state index < -0.39 is 24.7 Å². The summed E-state index contributed by atoms with van der Waals surface area (Å²) in [5.74, 6) is 4.68. The smallest absolute Gasteiger partial charge is 0.302 e. The van der Waals surface area contributed by atoms with Gasteiger partial charge in [-0.3, -0.25) is 10.2 Å². The lowest BCUT2D eigenvalue weighted by Crippen LogP contribution is -2.47. The molecule has 1 amide bonds. The van der Waals surface area contributed by atoms with Crippen LogP contribution in [0.15, 0.2) is 6.07 Å². The van der Waals surface area contributed by atoms with E-state index in [9.17, 15) is 18.0 Å². The molecule has 0 aromatic carbocycles. The van der Waals surface area contributed by atoms with Gasteiger partial charge in [0.25, 0.3) is 5.91 Å². The third kappa shape index (κ3) is 4.58. The fourth-order valence-corrected chi connectivity index (χ4v) is 2.93. The maximum Gasteiger partial charge on any atom is 0.401 e. The normalized spacial score (nSPS) is 17.8. The van der Waals surface area contributed by atoms with Crippen molar-refractivity contribution < 1.29 is 18.0 Å². The quantitative estimate of drug-likeness (QED) is 0.427. The van der Waals surface area contributed by atoms with Gasteiger partial charge in [-0.05, 0) is 36.0 Å². The molecule has 4 N–H and O–H groups in total. The minimum Gasteiger partial charge on any atom is -0.302 e. The van der Waals surface area contributed by atoms with Crippen molar-refractivity contribution in [2.75, 3.05) is 6.54 Å². The highest BCUT2D eigenvalue weighted by atomic mass is 19.4. The predicted molar refractivity (Wildman–Crippen MR) is 89.7 cm³/mol. The maximum absolute atomic E-state index is 12.5. The van der Waals surface area contributed by atoms with Gasteiger partial charge in [0.05, 0.1) is 11.9 Å². The number of nitrogen functional groups attached to an aromatic ring is 1. The van der Waals surface area contributed by atoms with Crippen LogP contribution in [0.3, 0.4) is 0 Å². The minimum atomic E-state index is -4.27. The summed E-state index contributed by atoms with van der Waals surface area (Å²) < 4.78 is 37.6. The summed E-state index contributed by atoms with van der Waals surface area (Å²) in [6, 6.07) is 1.14. The number of rotatable bonds is 3. The number of hydrazine groups is 1. The Hall–Kier alpha value is -1.93. The number of carbonyl (C=O) groups excluding carboxylic acids is 1. The number of fused-ring (bicyclic) bond motifs is 1. The zero-order chi connectivity index (χ0) is 19.0. The van der Waals surface area contributed by atoms with Gasteiger partial charge in [0.2, 0.25) is 0 Å². The molecule has 0 fully saturated rings. The van der Waals surface area contributed by atoms with Crippen molar-refractivity contribution in [3.05, 3.63) is 27.9 Å². The van der Waals surface area contributed by atoms with Crippen molar-refractivity contribution in [3.63, 3.8) is 0 Å². The molecule has 25 heavy (non-hydrogen) atoms. The summed E-state index contributed by atoms with van der Waals surface area (Å²) >= 11 is 0. The molecule has 8 heteroatoms. The average molecular weight is 356 g/mol. The number of carbonyl (C=O) groups is 1. The molecule has 0 saturated carbocycles. The molecule has 1 aliphatic carbocycles. The first-order valence-electron chi connectivity index (χ1n) is 7.96. The number of nitrogens with zero attached hydrogens (tertiary/aromatic N) is 1. The van der Waals surface area contributed by atoms with E-state index in [0.29, 0.717) is 11.8 Å². The van der Waals surface area contributed by atoms with Crippen LogP contribution in [0.5, 0.6) is 0 Å². The van der Waals surface area contributed by atoms with Crippen LogP contribution in [0.2, 0.25) is 0 Å². The largest absolute Gasteiger partial charge is 0.401 e. The van der Waals surface area contributed by atoms with Crippen molar-refractivity contribution in [2.24, 2.45) is 11.3 Å².